The maximum absolute atomic E-state index is 12.6. The lowest BCUT2D eigenvalue weighted by molar-refractivity contribution is 0.590. The first-order valence-electron chi connectivity index (χ1n) is 4.56. The van der Waals surface area contributed by atoms with Crippen LogP contribution in [0.25, 0.3) is 0 Å². The Balaban J connectivity index is 2.31. The molecule has 2 rings (SSSR count). The van der Waals surface area contributed by atoms with Gasteiger partial charge in [0, 0.05) is 17.2 Å². The first-order valence-corrected chi connectivity index (χ1v) is 4.56. The van der Waals surface area contributed by atoms with E-state index in [1.54, 1.807) is 6.07 Å². The van der Waals surface area contributed by atoms with Gasteiger partial charge in [0.2, 0.25) is 0 Å². The Morgan fingerprint density at radius 1 is 1.69 bits per heavy atom. The molecular formula is C10H13FN2. The van der Waals surface area contributed by atoms with Crippen LogP contribution in [0.5, 0.6) is 0 Å². The molecule has 0 bridgehead atoms. The molecule has 2 N–H and O–H groups in total. The molecule has 0 aromatic carbocycles. The summed E-state index contributed by atoms with van der Waals surface area (Å²) in [7, 11) is 0. The van der Waals surface area contributed by atoms with Crippen molar-refractivity contribution in [2.45, 2.75) is 31.2 Å². The first kappa shape index (κ1) is 8.63. The summed E-state index contributed by atoms with van der Waals surface area (Å²) in [5.74, 6) is -0.288. The SMILES string of the molecule is CCC1(c2ccc(F)cn2)CC1N. The van der Waals surface area contributed by atoms with E-state index in [4.69, 9.17) is 5.73 Å². The Bertz CT molecular complexity index is 305. The van der Waals surface area contributed by atoms with Gasteiger partial charge in [-0.2, -0.15) is 0 Å². The van der Waals surface area contributed by atoms with Crippen molar-refractivity contribution in [1.29, 1.82) is 0 Å². The van der Waals surface area contributed by atoms with Gasteiger partial charge in [-0.05, 0) is 25.0 Å². The van der Waals surface area contributed by atoms with E-state index >= 15 is 0 Å². The fraction of sp³-hybridized carbons (Fsp3) is 0.500. The number of aromatic nitrogens is 1. The largest absolute Gasteiger partial charge is 0.327 e. The summed E-state index contributed by atoms with van der Waals surface area (Å²) >= 11 is 0. The molecule has 2 atom stereocenters. The van der Waals surface area contributed by atoms with E-state index < -0.39 is 0 Å². The molecule has 1 aromatic heterocycles. The third-order valence-electron chi connectivity index (χ3n) is 3.00. The van der Waals surface area contributed by atoms with Gasteiger partial charge in [-0.15, -0.1) is 0 Å². The van der Waals surface area contributed by atoms with Crippen molar-refractivity contribution >= 4 is 0 Å². The fourth-order valence-corrected chi connectivity index (χ4v) is 1.89. The molecule has 1 saturated carbocycles. The van der Waals surface area contributed by atoms with Crippen LogP contribution in [0, 0.1) is 5.82 Å². The Labute approximate surface area is 77.0 Å². The Morgan fingerprint density at radius 2 is 2.38 bits per heavy atom. The number of rotatable bonds is 2. The van der Waals surface area contributed by atoms with Gasteiger partial charge in [0.25, 0.3) is 0 Å². The molecule has 0 saturated heterocycles. The summed E-state index contributed by atoms with van der Waals surface area (Å²) in [4.78, 5) is 4.08. The predicted octanol–water partition coefficient (Wildman–Crippen LogP) is 1.60. The molecule has 3 heteroatoms. The van der Waals surface area contributed by atoms with Crippen molar-refractivity contribution in [2.24, 2.45) is 5.73 Å². The molecule has 0 amide bonds. The quantitative estimate of drug-likeness (QED) is 0.750. The normalized spacial score (nSPS) is 31.8. The molecular weight excluding hydrogens is 167 g/mol. The van der Waals surface area contributed by atoms with Crippen molar-refractivity contribution < 1.29 is 4.39 Å². The highest BCUT2D eigenvalue weighted by Crippen LogP contribution is 2.48. The number of pyridine rings is 1. The Hall–Kier alpha value is -0.960. The predicted molar refractivity (Wildman–Crippen MR) is 48.8 cm³/mol. The monoisotopic (exact) mass is 180 g/mol. The van der Waals surface area contributed by atoms with Crippen LogP contribution >= 0.6 is 0 Å². The van der Waals surface area contributed by atoms with E-state index in [2.05, 4.69) is 11.9 Å². The highest BCUT2D eigenvalue weighted by Gasteiger charge is 2.52. The molecule has 2 nitrogen and oxygen atoms in total. The lowest BCUT2D eigenvalue weighted by Gasteiger charge is -2.12. The summed E-state index contributed by atoms with van der Waals surface area (Å²) < 4.78 is 12.6. The minimum atomic E-state index is -0.288. The van der Waals surface area contributed by atoms with Crippen LogP contribution in [-0.2, 0) is 5.41 Å². The molecule has 1 aliphatic rings. The molecule has 1 heterocycles. The third kappa shape index (κ3) is 1.23. The van der Waals surface area contributed by atoms with Gasteiger partial charge in [-0.1, -0.05) is 6.92 Å². The molecule has 0 radical (unpaired) electrons. The van der Waals surface area contributed by atoms with Crippen molar-refractivity contribution in [3.05, 3.63) is 29.8 Å². The van der Waals surface area contributed by atoms with Crippen LogP contribution in [0.4, 0.5) is 4.39 Å². The van der Waals surface area contributed by atoms with E-state index in [-0.39, 0.29) is 17.3 Å². The summed E-state index contributed by atoms with van der Waals surface area (Å²) in [5.41, 5.74) is 6.82. The minimum absolute atomic E-state index is 0.0354. The summed E-state index contributed by atoms with van der Waals surface area (Å²) in [6, 6.07) is 3.40. The highest BCUT2D eigenvalue weighted by molar-refractivity contribution is 5.30. The molecule has 2 unspecified atom stereocenters. The van der Waals surface area contributed by atoms with E-state index in [0.717, 1.165) is 18.5 Å². The minimum Gasteiger partial charge on any atom is -0.327 e. The second-order valence-electron chi connectivity index (χ2n) is 3.68. The molecule has 70 valence electrons. The molecule has 1 aromatic rings. The topological polar surface area (TPSA) is 38.9 Å². The molecule has 13 heavy (non-hydrogen) atoms. The standard InChI is InChI=1S/C10H13FN2/c1-2-10(5-8(10)12)9-4-3-7(11)6-13-9/h3-4,6,8H,2,5,12H2,1H3. The van der Waals surface area contributed by atoms with Crippen LogP contribution < -0.4 is 5.73 Å². The van der Waals surface area contributed by atoms with Crippen molar-refractivity contribution in [3.63, 3.8) is 0 Å². The maximum atomic E-state index is 12.6. The number of nitrogens with zero attached hydrogens (tertiary/aromatic N) is 1. The van der Waals surface area contributed by atoms with Crippen molar-refractivity contribution in [2.75, 3.05) is 0 Å². The van der Waals surface area contributed by atoms with E-state index in [0.29, 0.717) is 0 Å². The van der Waals surface area contributed by atoms with E-state index in [1.165, 1.54) is 12.3 Å². The highest BCUT2D eigenvalue weighted by atomic mass is 19.1. The lowest BCUT2D eigenvalue weighted by Crippen LogP contribution is -2.18. The van der Waals surface area contributed by atoms with Gasteiger partial charge >= 0.3 is 0 Å². The molecule has 0 aliphatic heterocycles. The van der Waals surface area contributed by atoms with Gasteiger partial charge in [0.15, 0.2) is 0 Å². The molecule has 0 spiro atoms. The van der Waals surface area contributed by atoms with E-state index in [9.17, 15) is 4.39 Å². The number of hydrogen-bond donors (Lipinski definition) is 1. The zero-order chi connectivity index (χ0) is 9.47. The first-order chi connectivity index (χ1) is 6.19. The summed E-state index contributed by atoms with van der Waals surface area (Å²) in [5, 5.41) is 0. The second-order valence-corrected chi connectivity index (χ2v) is 3.68. The van der Waals surface area contributed by atoms with Crippen molar-refractivity contribution in [3.8, 4) is 0 Å². The van der Waals surface area contributed by atoms with Crippen LogP contribution in [0.3, 0.4) is 0 Å². The molecule has 1 aliphatic carbocycles. The Morgan fingerprint density at radius 3 is 2.77 bits per heavy atom. The number of hydrogen-bond acceptors (Lipinski definition) is 2. The fourth-order valence-electron chi connectivity index (χ4n) is 1.89. The molecule has 1 fully saturated rings. The zero-order valence-corrected chi connectivity index (χ0v) is 7.63. The number of halogens is 1. The summed E-state index contributed by atoms with van der Waals surface area (Å²) in [6.07, 6.45) is 3.21. The summed E-state index contributed by atoms with van der Waals surface area (Å²) in [6.45, 7) is 2.10. The second kappa shape index (κ2) is 2.77. The van der Waals surface area contributed by atoms with Gasteiger partial charge in [-0.25, -0.2) is 4.39 Å². The smallest absolute Gasteiger partial charge is 0.141 e. The van der Waals surface area contributed by atoms with Crippen LogP contribution in [0.2, 0.25) is 0 Å². The van der Waals surface area contributed by atoms with Crippen LogP contribution in [0.1, 0.15) is 25.5 Å². The van der Waals surface area contributed by atoms with Crippen LogP contribution in [-0.4, -0.2) is 11.0 Å². The average Bonchev–Trinajstić information content (AvgIpc) is 2.79. The van der Waals surface area contributed by atoms with Gasteiger partial charge in [0.1, 0.15) is 5.82 Å². The third-order valence-corrected chi connectivity index (χ3v) is 3.00. The zero-order valence-electron chi connectivity index (χ0n) is 7.63. The Kier molecular flexibility index (Phi) is 1.84. The average molecular weight is 180 g/mol. The van der Waals surface area contributed by atoms with Gasteiger partial charge in [0.05, 0.1) is 6.20 Å². The lowest BCUT2D eigenvalue weighted by atomic mass is 9.97. The van der Waals surface area contributed by atoms with E-state index in [1.807, 2.05) is 0 Å². The van der Waals surface area contributed by atoms with Gasteiger partial charge < -0.3 is 5.73 Å². The number of nitrogens with two attached hydrogens (primary N) is 1. The van der Waals surface area contributed by atoms with Crippen molar-refractivity contribution in [1.82, 2.24) is 4.98 Å². The van der Waals surface area contributed by atoms with Gasteiger partial charge in [-0.3, -0.25) is 4.98 Å². The maximum Gasteiger partial charge on any atom is 0.141 e. The van der Waals surface area contributed by atoms with Crippen LogP contribution in [0.15, 0.2) is 18.3 Å².